The van der Waals surface area contributed by atoms with Gasteiger partial charge >= 0.3 is 0 Å². The fourth-order valence-corrected chi connectivity index (χ4v) is 10.4. The number of thiophene rings is 1. The minimum atomic E-state index is -0.112. The molecule has 8 rings (SSSR count). The van der Waals surface area contributed by atoms with Gasteiger partial charge in [-0.05, 0) is 104 Å². The van der Waals surface area contributed by atoms with Crippen molar-refractivity contribution in [3.05, 3.63) is 106 Å². The van der Waals surface area contributed by atoms with E-state index in [9.17, 15) is 0 Å². The number of anilines is 3. The zero-order chi connectivity index (χ0) is 34.3. The van der Waals surface area contributed by atoms with E-state index in [1.807, 2.05) is 11.3 Å². The van der Waals surface area contributed by atoms with Crippen molar-refractivity contribution < 1.29 is 0 Å². The summed E-state index contributed by atoms with van der Waals surface area (Å²) in [6, 6.07) is 29.2. The molecule has 0 fully saturated rings. The van der Waals surface area contributed by atoms with Crippen LogP contribution >= 0.6 is 11.3 Å². The monoisotopic (exact) mass is 649 g/mol. The Hall–Kier alpha value is -3.30. The number of hydrogen-bond donors (Lipinski definition) is 0. The van der Waals surface area contributed by atoms with Gasteiger partial charge in [-0.3, -0.25) is 0 Å². The van der Waals surface area contributed by atoms with Gasteiger partial charge in [0.25, 0.3) is 6.71 Å². The highest BCUT2D eigenvalue weighted by atomic mass is 32.1. The van der Waals surface area contributed by atoms with E-state index in [-0.39, 0.29) is 33.8 Å². The van der Waals surface area contributed by atoms with E-state index in [0.717, 1.165) is 0 Å². The van der Waals surface area contributed by atoms with Gasteiger partial charge in [0.05, 0.1) is 5.69 Å². The molecule has 3 heteroatoms. The molecule has 5 aromatic rings. The van der Waals surface area contributed by atoms with Crippen molar-refractivity contribution in [2.75, 3.05) is 4.90 Å². The third-order valence-corrected chi connectivity index (χ3v) is 13.5. The Kier molecular flexibility index (Phi) is 6.59. The molecular weight excluding hydrogens is 597 g/mol. The van der Waals surface area contributed by atoms with Gasteiger partial charge in [-0.25, -0.2) is 0 Å². The van der Waals surface area contributed by atoms with Crippen LogP contribution in [0, 0.1) is 0 Å². The van der Waals surface area contributed by atoms with Gasteiger partial charge < -0.3 is 4.90 Å². The van der Waals surface area contributed by atoms with Crippen molar-refractivity contribution in [2.24, 2.45) is 0 Å². The number of fused-ring (bicyclic) bond motifs is 7. The minimum Gasteiger partial charge on any atom is -0.310 e. The van der Waals surface area contributed by atoms with Crippen LogP contribution in [-0.2, 0) is 27.1 Å². The van der Waals surface area contributed by atoms with Crippen molar-refractivity contribution in [3.8, 4) is 0 Å². The lowest BCUT2D eigenvalue weighted by molar-refractivity contribution is 0.331. The normalized spacial score (nSPS) is 18.7. The number of rotatable bonds is 1. The molecule has 0 N–H and O–H groups in total. The van der Waals surface area contributed by atoms with Gasteiger partial charge in [0.1, 0.15) is 0 Å². The Balaban J connectivity index is 1.48. The maximum absolute atomic E-state index is 2.68. The maximum Gasteiger partial charge on any atom is 0.260 e. The van der Waals surface area contributed by atoms with Gasteiger partial charge in [0, 0.05) is 31.7 Å². The van der Waals surface area contributed by atoms with Crippen LogP contribution in [0.25, 0.3) is 10.1 Å². The van der Waals surface area contributed by atoms with Crippen LogP contribution in [0.2, 0.25) is 0 Å². The topological polar surface area (TPSA) is 3.24 Å². The second-order valence-corrected chi connectivity index (χ2v) is 20.0. The van der Waals surface area contributed by atoms with Gasteiger partial charge in [0.15, 0.2) is 0 Å². The number of hydrogen-bond acceptors (Lipinski definition) is 2. The lowest BCUT2D eigenvalue weighted by Crippen LogP contribution is -2.63. The zero-order valence-electron chi connectivity index (χ0n) is 31.3. The predicted octanol–water partition coefficient (Wildman–Crippen LogP) is 10.8. The first-order chi connectivity index (χ1) is 22.3. The molecule has 1 aromatic heterocycles. The quantitative estimate of drug-likeness (QED) is 0.160. The molecule has 0 saturated heterocycles. The molecule has 3 heterocycles. The van der Waals surface area contributed by atoms with Crippen molar-refractivity contribution >= 4 is 60.9 Å². The molecule has 1 aliphatic carbocycles. The van der Waals surface area contributed by atoms with E-state index in [1.54, 1.807) is 11.1 Å². The summed E-state index contributed by atoms with van der Waals surface area (Å²) in [4.78, 5) is 2.62. The number of benzene rings is 4. The van der Waals surface area contributed by atoms with Crippen molar-refractivity contribution in [2.45, 2.75) is 123 Å². The maximum atomic E-state index is 2.68. The smallest absolute Gasteiger partial charge is 0.260 e. The van der Waals surface area contributed by atoms with Gasteiger partial charge in [0.2, 0.25) is 0 Å². The summed E-state index contributed by atoms with van der Waals surface area (Å²) < 4.78 is 2.87. The van der Waals surface area contributed by atoms with Gasteiger partial charge in [-0.2, -0.15) is 0 Å². The summed E-state index contributed by atoms with van der Waals surface area (Å²) in [5.41, 5.74) is 16.2. The summed E-state index contributed by atoms with van der Waals surface area (Å²) >= 11 is 2.02. The van der Waals surface area contributed by atoms with E-state index in [2.05, 4.69) is 161 Å². The summed E-state index contributed by atoms with van der Waals surface area (Å²) in [6.45, 7) is 29.0. The van der Waals surface area contributed by atoms with E-state index in [1.165, 1.54) is 77.9 Å². The van der Waals surface area contributed by atoms with E-state index >= 15 is 0 Å². The lowest BCUT2D eigenvalue weighted by atomic mass is 9.32. The third-order valence-electron chi connectivity index (χ3n) is 12.3. The molecule has 2 aliphatic heterocycles. The van der Waals surface area contributed by atoms with Gasteiger partial charge in [-0.15, -0.1) is 11.3 Å². The molecule has 4 aromatic carbocycles. The minimum absolute atomic E-state index is 0.0703. The SMILES string of the molecule is CC(C)(C)c1ccc(N2c3cccc4c3B(c3cc5c(cc3C4(C)C)C(C)(C)CCC5(C)C)c3sc4ccc(C(C)(C)C)cc4c32)cc1. The molecule has 1 nitrogen and oxygen atoms in total. The molecular formula is C45H52BNS. The Morgan fingerprint density at radius 2 is 1.25 bits per heavy atom. The molecule has 48 heavy (non-hydrogen) atoms. The largest absolute Gasteiger partial charge is 0.310 e. The standard InChI is InChI=1S/C45H52BNS/c1-41(2,3)27-16-19-29(20-17-27)47-36-15-13-14-31-38(36)46(40-39(47)30-24-28(42(4,5)6)18-21-37(30)48-40)35-26-33-32(25-34(35)45(31,11)12)43(7,8)22-23-44(33,9)10/h13-21,24-26H,22-23H2,1-12H3. The van der Waals surface area contributed by atoms with Crippen LogP contribution in [-0.4, -0.2) is 6.71 Å². The summed E-state index contributed by atoms with van der Waals surface area (Å²) in [6.07, 6.45) is 2.46. The summed E-state index contributed by atoms with van der Waals surface area (Å²) in [7, 11) is 0. The Morgan fingerprint density at radius 3 is 1.88 bits per heavy atom. The van der Waals surface area contributed by atoms with E-state index < -0.39 is 0 Å². The zero-order valence-corrected chi connectivity index (χ0v) is 32.1. The van der Waals surface area contributed by atoms with Crippen LogP contribution in [0.15, 0.2) is 72.8 Å². The fraction of sp³-hybridized carbons (Fsp3) is 0.422. The fourth-order valence-electron chi connectivity index (χ4n) is 9.08. The van der Waals surface area contributed by atoms with E-state index in [4.69, 9.17) is 0 Å². The second-order valence-electron chi connectivity index (χ2n) is 19.0. The first kappa shape index (κ1) is 31.9. The Morgan fingerprint density at radius 1 is 0.646 bits per heavy atom. The average molecular weight is 650 g/mol. The summed E-state index contributed by atoms with van der Waals surface area (Å²) in [5.74, 6) is 0. The van der Waals surface area contributed by atoms with Crippen LogP contribution in [0.4, 0.5) is 17.1 Å². The Labute approximate surface area is 293 Å². The van der Waals surface area contributed by atoms with Crippen molar-refractivity contribution in [1.82, 2.24) is 0 Å². The molecule has 0 bridgehead atoms. The first-order valence-corrected chi connectivity index (χ1v) is 18.9. The second kappa shape index (κ2) is 9.90. The summed E-state index contributed by atoms with van der Waals surface area (Å²) in [5, 5.41) is 1.38. The van der Waals surface area contributed by atoms with Crippen LogP contribution in [0.5, 0.6) is 0 Å². The average Bonchev–Trinajstić information content (AvgIpc) is 3.38. The third kappa shape index (κ3) is 4.48. The molecule has 246 valence electrons. The highest BCUT2D eigenvalue weighted by molar-refractivity contribution is 7.33. The van der Waals surface area contributed by atoms with Crippen LogP contribution < -0.4 is 20.6 Å². The highest BCUT2D eigenvalue weighted by Crippen LogP contribution is 2.51. The van der Waals surface area contributed by atoms with Crippen LogP contribution in [0.3, 0.4) is 0 Å². The van der Waals surface area contributed by atoms with E-state index in [0.29, 0.717) is 0 Å². The van der Waals surface area contributed by atoms with Crippen molar-refractivity contribution in [3.63, 3.8) is 0 Å². The Bertz CT molecular complexity index is 2130. The molecule has 0 spiro atoms. The first-order valence-electron chi connectivity index (χ1n) is 18.1. The lowest BCUT2D eigenvalue weighted by Gasteiger charge is -2.47. The molecule has 3 aliphatic rings. The predicted molar refractivity (Wildman–Crippen MR) is 212 cm³/mol. The highest BCUT2D eigenvalue weighted by Gasteiger charge is 2.49. The molecule has 0 saturated carbocycles. The molecule has 0 amide bonds. The molecule has 0 unspecified atom stereocenters. The molecule has 0 radical (unpaired) electrons. The van der Waals surface area contributed by atoms with Crippen LogP contribution in [0.1, 0.15) is 129 Å². The van der Waals surface area contributed by atoms with Crippen molar-refractivity contribution in [1.29, 1.82) is 0 Å². The number of nitrogens with zero attached hydrogens (tertiary/aromatic N) is 1. The molecule has 0 atom stereocenters. The van der Waals surface area contributed by atoms with Gasteiger partial charge in [-0.1, -0.05) is 131 Å².